The molecule has 0 radical (unpaired) electrons. The predicted octanol–water partition coefficient (Wildman–Crippen LogP) is 2.53. The maximum Gasteiger partial charge on any atom is 0.279 e. The molecule has 0 spiro atoms. The highest BCUT2D eigenvalue weighted by molar-refractivity contribution is 7.87. The molecule has 1 N–H and O–H groups in total. The molecular weight excluding hydrogens is 459 g/mol. The van der Waals surface area contributed by atoms with Crippen molar-refractivity contribution in [3.8, 4) is 11.1 Å². The summed E-state index contributed by atoms with van der Waals surface area (Å²) in [5.74, 6) is -1.03. The van der Waals surface area contributed by atoms with E-state index in [1.807, 2.05) is 0 Å². The molecule has 2 aromatic rings. The van der Waals surface area contributed by atoms with Crippen LogP contribution in [0.2, 0.25) is 0 Å². The summed E-state index contributed by atoms with van der Waals surface area (Å²) in [6.07, 6.45) is -0.413. The van der Waals surface area contributed by atoms with E-state index in [1.165, 1.54) is 32.3 Å². The van der Waals surface area contributed by atoms with Crippen LogP contribution in [-0.2, 0) is 15.0 Å². The second kappa shape index (κ2) is 8.92. The maximum absolute atomic E-state index is 14.5. The van der Waals surface area contributed by atoms with E-state index >= 15 is 0 Å². The number of alkyl halides is 1. The molecular formula is C21H24F3N5O3S. The molecule has 1 aromatic heterocycles. The number of hydrogen-bond donors (Lipinski definition) is 1. The van der Waals surface area contributed by atoms with Gasteiger partial charge >= 0.3 is 0 Å². The van der Waals surface area contributed by atoms with Gasteiger partial charge in [0.05, 0.1) is 30.3 Å². The van der Waals surface area contributed by atoms with Gasteiger partial charge in [-0.25, -0.2) is 13.2 Å². The van der Waals surface area contributed by atoms with Gasteiger partial charge in [0.1, 0.15) is 23.6 Å². The lowest BCUT2D eigenvalue weighted by atomic mass is 9.97. The van der Waals surface area contributed by atoms with Crippen molar-refractivity contribution in [1.82, 2.24) is 18.9 Å². The molecule has 0 aliphatic carbocycles. The molecule has 3 atom stereocenters. The minimum Gasteiger partial charge on any atom is -0.384 e. The van der Waals surface area contributed by atoms with Gasteiger partial charge in [0.25, 0.3) is 10.2 Å². The monoisotopic (exact) mass is 483 g/mol. The zero-order valence-electron chi connectivity index (χ0n) is 18.3. The van der Waals surface area contributed by atoms with Gasteiger partial charge in [-0.1, -0.05) is 11.2 Å². The normalized spacial score (nSPS) is 23.2. The van der Waals surface area contributed by atoms with Crippen molar-refractivity contribution >= 4 is 16.0 Å². The fourth-order valence-electron chi connectivity index (χ4n) is 3.87. The van der Waals surface area contributed by atoms with E-state index in [1.54, 1.807) is 24.1 Å². The number of oxime groups is 1. The molecule has 1 saturated heterocycles. The summed E-state index contributed by atoms with van der Waals surface area (Å²) < 4.78 is 70.9. The van der Waals surface area contributed by atoms with E-state index < -0.39 is 40.2 Å². The highest BCUT2D eigenvalue weighted by atomic mass is 32.2. The van der Waals surface area contributed by atoms with Crippen molar-refractivity contribution in [2.24, 2.45) is 5.16 Å². The van der Waals surface area contributed by atoms with E-state index in [0.29, 0.717) is 17.1 Å². The molecule has 0 bridgehead atoms. The Bertz CT molecular complexity index is 1170. The number of hydrogen-bond acceptors (Lipinski definition) is 6. The van der Waals surface area contributed by atoms with Crippen LogP contribution in [0.25, 0.3) is 11.1 Å². The first kappa shape index (κ1) is 23.5. The van der Waals surface area contributed by atoms with Gasteiger partial charge in [0.15, 0.2) is 6.10 Å². The van der Waals surface area contributed by atoms with Crippen LogP contribution in [0.5, 0.6) is 0 Å². The van der Waals surface area contributed by atoms with E-state index in [2.05, 4.69) is 14.9 Å². The van der Waals surface area contributed by atoms with Gasteiger partial charge in [-0.3, -0.25) is 4.98 Å². The molecule has 1 aromatic carbocycles. The molecule has 0 saturated carbocycles. The molecule has 3 heterocycles. The topological polar surface area (TPSA) is 87.1 Å². The molecule has 178 valence electrons. The summed E-state index contributed by atoms with van der Waals surface area (Å²) in [5, 5.41) is 4.04. The SMILES string of the molecule is Cc1cnc([C@@H]2CC(N3C[C@H](F)[C@H](NS(=O)(=O)N(C)C)C3)=NO2)c(-c2c(F)cccc2F)c1. The Morgan fingerprint density at radius 2 is 1.91 bits per heavy atom. The zero-order chi connectivity index (χ0) is 23.9. The van der Waals surface area contributed by atoms with Crippen LogP contribution in [0.3, 0.4) is 0 Å². The fraction of sp³-hybridized carbons (Fsp3) is 0.429. The van der Waals surface area contributed by atoms with Crippen LogP contribution in [0, 0.1) is 18.6 Å². The Labute approximate surface area is 190 Å². The highest BCUT2D eigenvalue weighted by Crippen LogP contribution is 2.37. The summed E-state index contributed by atoms with van der Waals surface area (Å²) in [6, 6.07) is 4.31. The third-order valence-corrected chi connectivity index (χ3v) is 7.20. The third kappa shape index (κ3) is 4.68. The highest BCUT2D eigenvalue weighted by Gasteiger charge is 2.40. The number of aryl methyl sites for hydroxylation is 1. The van der Waals surface area contributed by atoms with Crippen molar-refractivity contribution in [1.29, 1.82) is 0 Å². The number of halogens is 3. The van der Waals surface area contributed by atoms with Crippen molar-refractivity contribution in [3.63, 3.8) is 0 Å². The largest absolute Gasteiger partial charge is 0.384 e. The molecule has 2 aliphatic heterocycles. The van der Waals surface area contributed by atoms with Crippen molar-refractivity contribution in [2.75, 3.05) is 27.2 Å². The lowest BCUT2D eigenvalue weighted by molar-refractivity contribution is 0.0828. The smallest absolute Gasteiger partial charge is 0.279 e. The van der Waals surface area contributed by atoms with Crippen LogP contribution < -0.4 is 4.72 Å². The van der Waals surface area contributed by atoms with Gasteiger partial charge in [0, 0.05) is 32.4 Å². The first-order valence-corrected chi connectivity index (χ1v) is 11.7. The van der Waals surface area contributed by atoms with Gasteiger partial charge in [0.2, 0.25) is 0 Å². The summed E-state index contributed by atoms with van der Waals surface area (Å²) >= 11 is 0. The molecule has 0 amide bonds. The Kier molecular flexibility index (Phi) is 6.34. The van der Waals surface area contributed by atoms with Gasteiger partial charge < -0.3 is 9.74 Å². The maximum atomic E-state index is 14.5. The van der Waals surface area contributed by atoms with Gasteiger partial charge in [-0.05, 0) is 30.7 Å². The number of pyridine rings is 1. The third-order valence-electron chi connectivity index (χ3n) is 5.64. The second-order valence-corrected chi connectivity index (χ2v) is 10.2. The Balaban J connectivity index is 1.53. The lowest BCUT2D eigenvalue weighted by Crippen LogP contribution is -2.46. The number of likely N-dealkylation sites (tertiary alicyclic amines) is 1. The first-order valence-electron chi connectivity index (χ1n) is 10.3. The van der Waals surface area contributed by atoms with E-state index in [-0.39, 0.29) is 30.6 Å². The van der Waals surface area contributed by atoms with Crippen molar-refractivity contribution in [3.05, 3.63) is 53.4 Å². The first-order chi connectivity index (χ1) is 15.6. The Morgan fingerprint density at radius 3 is 2.58 bits per heavy atom. The predicted molar refractivity (Wildman–Crippen MR) is 116 cm³/mol. The molecule has 8 nitrogen and oxygen atoms in total. The minimum atomic E-state index is -3.80. The molecule has 12 heteroatoms. The number of amidine groups is 1. The van der Waals surface area contributed by atoms with Crippen LogP contribution in [0.15, 0.2) is 35.6 Å². The second-order valence-electron chi connectivity index (χ2n) is 8.28. The number of nitrogens with one attached hydrogen (secondary N) is 1. The summed E-state index contributed by atoms with van der Waals surface area (Å²) in [6.45, 7) is 1.77. The Morgan fingerprint density at radius 1 is 1.21 bits per heavy atom. The van der Waals surface area contributed by atoms with Crippen molar-refractivity contribution < 1.29 is 26.4 Å². The van der Waals surface area contributed by atoms with Crippen molar-refractivity contribution in [2.45, 2.75) is 31.7 Å². The minimum absolute atomic E-state index is 0.0638. The summed E-state index contributed by atoms with van der Waals surface area (Å²) in [4.78, 5) is 11.5. The molecule has 4 rings (SSSR count). The molecule has 2 aliphatic rings. The van der Waals surface area contributed by atoms with Crippen LogP contribution in [0.4, 0.5) is 13.2 Å². The molecule has 33 heavy (non-hydrogen) atoms. The molecule has 1 fully saturated rings. The van der Waals surface area contributed by atoms with E-state index in [9.17, 15) is 21.6 Å². The standard InChI is InChI=1S/C21H24F3N5O3S/c1-12-7-13(20-14(22)5-4-6-15(20)23)21(25-9-12)18-8-19(26-32-18)29-10-16(24)17(11-29)27-33(30,31)28(2)3/h4-7,9,16-18,27H,8,10-11H2,1-3H3/t16-,17+,18-/m0/s1. The number of rotatable bonds is 5. The lowest BCUT2D eigenvalue weighted by Gasteiger charge is -2.19. The van der Waals surface area contributed by atoms with E-state index in [4.69, 9.17) is 4.84 Å². The van der Waals surface area contributed by atoms with Gasteiger partial charge in [-0.2, -0.15) is 17.4 Å². The summed E-state index contributed by atoms with van der Waals surface area (Å²) in [7, 11) is -1.09. The number of aromatic nitrogens is 1. The van der Waals surface area contributed by atoms with Gasteiger partial charge in [-0.15, -0.1) is 0 Å². The zero-order valence-corrected chi connectivity index (χ0v) is 19.1. The Hall–Kier alpha value is -2.70. The quantitative estimate of drug-likeness (QED) is 0.706. The fourth-order valence-corrected chi connectivity index (χ4v) is 4.69. The van der Waals surface area contributed by atoms with E-state index in [0.717, 1.165) is 4.31 Å². The molecule has 0 unspecified atom stereocenters. The van der Waals surface area contributed by atoms with Crippen LogP contribution >= 0.6 is 0 Å². The van der Waals surface area contributed by atoms with Crippen LogP contribution in [-0.4, -0.2) is 67.8 Å². The number of benzene rings is 1. The van der Waals surface area contributed by atoms with Crippen LogP contribution in [0.1, 0.15) is 23.8 Å². The average molecular weight is 484 g/mol. The summed E-state index contributed by atoms with van der Waals surface area (Å²) in [5.41, 5.74) is 1.08. The average Bonchev–Trinajstić information content (AvgIpc) is 3.35. The number of nitrogens with zero attached hydrogens (tertiary/aromatic N) is 4.